The molecular weight excluding hydrogens is 333 g/mol. The van der Waals surface area contributed by atoms with Gasteiger partial charge in [-0.1, -0.05) is 47.1 Å². The van der Waals surface area contributed by atoms with E-state index in [4.69, 9.17) is 4.74 Å². The number of methoxy groups -OCH3 is 1. The number of ether oxygens (including phenoxy) is 1. The fraction of sp³-hybridized carbons (Fsp3) is 0.294. The van der Waals surface area contributed by atoms with E-state index in [2.05, 4.69) is 21.2 Å². The first kappa shape index (κ1) is 16.0. The van der Waals surface area contributed by atoms with Crippen molar-refractivity contribution in [1.29, 1.82) is 0 Å². The molecule has 0 heterocycles. The summed E-state index contributed by atoms with van der Waals surface area (Å²) in [6.45, 7) is 2.79. The molecule has 0 aliphatic carbocycles. The van der Waals surface area contributed by atoms with Crippen LogP contribution in [0.25, 0.3) is 0 Å². The Hall–Kier alpha value is -1.39. The minimum Gasteiger partial charge on any atom is -0.496 e. The van der Waals surface area contributed by atoms with Crippen LogP contribution in [0.2, 0.25) is 0 Å². The monoisotopic (exact) mass is 351 g/mol. The fourth-order valence-electron chi connectivity index (χ4n) is 2.41. The third-order valence-electron chi connectivity index (χ3n) is 3.40. The second kappa shape index (κ2) is 7.57. The molecule has 2 nitrogen and oxygen atoms in total. The maximum Gasteiger partial charge on any atom is 0.129 e. The Morgan fingerprint density at radius 3 is 2.67 bits per heavy atom. The van der Waals surface area contributed by atoms with Gasteiger partial charge in [-0.05, 0) is 36.7 Å². The van der Waals surface area contributed by atoms with E-state index in [9.17, 15) is 4.39 Å². The van der Waals surface area contributed by atoms with Gasteiger partial charge in [0.2, 0.25) is 0 Å². The van der Waals surface area contributed by atoms with Crippen molar-refractivity contribution in [3.63, 3.8) is 0 Å². The Morgan fingerprint density at radius 2 is 2.00 bits per heavy atom. The van der Waals surface area contributed by atoms with Crippen LogP contribution in [0.4, 0.5) is 4.39 Å². The molecule has 0 spiro atoms. The molecule has 0 amide bonds. The quantitative estimate of drug-likeness (QED) is 0.827. The standard InChI is InChI=1S/C17H19BrFNO/c1-3-20-16(14-9-8-13(18)11-15(14)19)10-12-6-4-5-7-17(12)21-2/h4-9,11,16,20H,3,10H2,1-2H3. The number of benzene rings is 2. The van der Waals surface area contributed by atoms with Gasteiger partial charge >= 0.3 is 0 Å². The minimum atomic E-state index is -0.203. The summed E-state index contributed by atoms with van der Waals surface area (Å²) in [6, 6.07) is 13.0. The molecule has 1 atom stereocenters. The molecule has 2 rings (SSSR count). The van der Waals surface area contributed by atoms with Gasteiger partial charge in [-0.15, -0.1) is 0 Å². The van der Waals surface area contributed by atoms with Gasteiger partial charge in [0, 0.05) is 16.1 Å². The molecule has 0 saturated carbocycles. The van der Waals surface area contributed by atoms with Gasteiger partial charge in [0.15, 0.2) is 0 Å². The summed E-state index contributed by atoms with van der Waals surface area (Å²) in [4.78, 5) is 0. The average Bonchev–Trinajstić information content (AvgIpc) is 2.47. The molecule has 21 heavy (non-hydrogen) atoms. The highest BCUT2D eigenvalue weighted by molar-refractivity contribution is 9.10. The van der Waals surface area contributed by atoms with Gasteiger partial charge in [-0.3, -0.25) is 0 Å². The third-order valence-corrected chi connectivity index (χ3v) is 3.90. The van der Waals surface area contributed by atoms with Crippen molar-refractivity contribution in [2.24, 2.45) is 0 Å². The van der Waals surface area contributed by atoms with E-state index in [-0.39, 0.29) is 11.9 Å². The van der Waals surface area contributed by atoms with Gasteiger partial charge in [0.05, 0.1) is 7.11 Å². The zero-order valence-corrected chi connectivity index (χ0v) is 13.8. The lowest BCUT2D eigenvalue weighted by Crippen LogP contribution is -2.24. The molecule has 0 aliphatic heterocycles. The normalized spacial score (nSPS) is 12.2. The predicted octanol–water partition coefficient (Wildman–Crippen LogP) is 4.49. The van der Waals surface area contributed by atoms with Crippen LogP contribution in [0.5, 0.6) is 5.75 Å². The molecular formula is C17H19BrFNO. The second-order valence-corrected chi connectivity index (χ2v) is 5.71. The van der Waals surface area contributed by atoms with Crippen molar-refractivity contribution in [2.45, 2.75) is 19.4 Å². The molecule has 1 unspecified atom stereocenters. The molecule has 0 aromatic heterocycles. The van der Waals surface area contributed by atoms with Crippen LogP contribution in [-0.2, 0) is 6.42 Å². The van der Waals surface area contributed by atoms with Crippen LogP contribution in [0.3, 0.4) is 0 Å². The fourth-order valence-corrected chi connectivity index (χ4v) is 2.75. The van der Waals surface area contributed by atoms with Crippen LogP contribution in [-0.4, -0.2) is 13.7 Å². The molecule has 112 valence electrons. The van der Waals surface area contributed by atoms with Gasteiger partial charge in [-0.2, -0.15) is 0 Å². The van der Waals surface area contributed by atoms with E-state index >= 15 is 0 Å². The zero-order valence-electron chi connectivity index (χ0n) is 12.2. The molecule has 0 aliphatic rings. The summed E-state index contributed by atoms with van der Waals surface area (Å²) in [5.74, 6) is 0.628. The van der Waals surface area contributed by atoms with Gasteiger partial charge in [0.1, 0.15) is 11.6 Å². The molecule has 0 fully saturated rings. The number of hydrogen-bond acceptors (Lipinski definition) is 2. The van der Waals surface area contributed by atoms with Crippen molar-refractivity contribution in [2.75, 3.05) is 13.7 Å². The molecule has 0 bridgehead atoms. The van der Waals surface area contributed by atoms with Crippen molar-refractivity contribution in [1.82, 2.24) is 5.32 Å². The van der Waals surface area contributed by atoms with Crippen molar-refractivity contribution < 1.29 is 9.13 Å². The Bertz CT molecular complexity index is 603. The molecule has 4 heteroatoms. The first-order valence-corrected chi connectivity index (χ1v) is 7.75. The van der Waals surface area contributed by atoms with Gasteiger partial charge in [0.25, 0.3) is 0 Å². The lowest BCUT2D eigenvalue weighted by atomic mass is 9.97. The number of likely N-dealkylation sites (N-methyl/N-ethyl adjacent to an activating group) is 1. The van der Waals surface area contributed by atoms with Crippen LogP contribution in [0, 0.1) is 5.82 Å². The predicted molar refractivity (Wildman–Crippen MR) is 87.2 cm³/mol. The summed E-state index contributed by atoms with van der Waals surface area (Å²) in [6.07, 6.45) is 0.677. The summed E-state index contributed by atoms with van der Waals surface area (Å²) in [5.41, 5.74) is 1.74. The number of nitrogens with one attached hydrogen (secondary N) is 1. The van der Waals surface area contributed by atoms with E-state index in [1.165, 1.54) is 6.07 Å². The number of halogens is 2. The summed E-state index contributed by atoms with van der Waals surface area (Å²) >= 11 is 3.29. The lowest BCUT2D eigenvalue weighted by molar-refractivity contribution is 0.405. The number of hydrogen-bond donors (Lipinski definition) is 1. The van der Waals surface area contributed by atoms with E-state index < -0.39 is 0 Å². The van der Waals surface area contributed by atoms with Crippen molar-refractivity contribution in [3.05, 3.63) is 63.9 Å². The maximum absolute atomic E-state index is 14.2. The molecule has 2 aromatic carbocycles. The van der Waals surface area contributed by atoms with Crippen LogP contribution >= 0.6 is 15.9 Å². The highest BCUT2D eigenvalue weighted by atomic mass is 79.9. The van der Waals surface area contributed by atoms with Gasteiger partial charge < -0.3 is 10.1 Å². The third kappa shape index (κ3) is 4.05. The number of rotatable bonds is 6. The van der Waals surface area contributed by atoms with E-state index in [0.717, 1.165) is 22.3 Å². The smallest absolute Gasteiger partial charge is 0.129 e. The van der Waals surface area contributed by atoms with Crippen LogP contribution < -0.4 is 10.1 Å². The highest BCUT2D eigenvalue weighted by Crippen LogP contribution is 2.27. The first-order valence-electron chi connectivity index (χ1n) is 6.96. The maximum atomic E-state index is 14.2. The lowest BCUT2D eigenvalue weighted by Gasteiger charge is -2.20. The first-order chi connectivity index (χ1) is 10.2. The molecule has 0 saturated heterocycles. The SMILES string of the molecule is CCNC(Cc1ccccc1OC)c1ccc(Br)cc1F. The summed E-state index contributed by atoms with van der Waals surface area (Å²) in [5, 5.41) is 3.35. The Balaban J connectivity index is 2.30. The van der Waals surface area contributed by atoms with Gasteiger partial charge in [-0.25, -0.2) is 4.39 Å². The highest BCUT2D eigenvalue weighted by Gasteiger charge is 2.17. The summed E-state index contributed by atoms with van der Waals surface area (Å²) < 4.78 is 20.3. The zero-order chi connectivity index (χ0) is 15.2. The average molecular weight is 352 g/mol. The van der Waals surface area contributed by atoms with Crippen LogP contribution in [0.1, 0.15) is 24.1 Å². The number of para-hydroxylation sites is 1. The van der Waals surface area contributed by atoms with Crippen LogP contribution in [0.15, 0.2) is 46.9 Å². The molecule has 1 N–H and O–H groups in total. The summed E-state index contributed by atoms with van der Waals surface area (Å²) in [7, 11) is 1.65. The Kier molecular flexibility index (Phi) is 5.76. The minimum absolute atomic E-state index is 0.0839. The largest absolute Gasteiger partial charge is 0.496 e. The molecule has 0 radical (unpaired) electrons. The van der Waals surface area contributed by atoms with Crippen molar-refractivity contribution >= 4 is 15.9 Å². The second-order valence-electron chi connectivity index (χ2n) is 4.79. The van der Waals surface area contributed by atoms with E-state index in [1.54, 1.807) is 7.11 Å². The van der Waals surface area contributed by atoms with E-state index in [0.29, 0.717) is 12.0 Å². The Morgan fingerprint density at radius 1 is 1.24 bits per heavy atom. The van der Waals surface area contributed by atoms with E-state index in [1.807, 2.05) is 43.3 Å². The van der Waals surface area contributed by atoms with Crippen molar-refractivity contribution in [3.8, 4) is 5.75 Å². The molecule has 2 aromatic rings. The Labute approximate surface area is 133 Å². The topological polar surface area (TPSA) is 21.3 Å².